The third kappa shape index (κ3) is 4.55. The summed E-state index contributed by atoms with van der Waals surface area (Å²) in [5.41, 5.74) is 3.08. The third-order valence-corrected chi connectivity index (χ3v) is 2.64. The van der Waals surface area contributed by atoms with Gasteiger partial charge in [-0.1, -0.05) is 6.07 Å². The van der Waals surface area contributed by atoms with Crippen molar-refractivity contribution < 1.29 is 9.59 Å². The van der Waals surface area contributed by atoms with E-state index < -0.39 is 0 Å². The molecule has 0 saturated carbocycles. The first-order valence-corrected chi connectivity index (χ1v) is 5.81. The lowest BCUT2D eigenvalue weighted by Crippen LogP contribution is -2.36. The number of nitrogens with one attached hydrogen (secondary N) is 3. The first-order chi connectivity index (χ1) is 8.52. The molecule has 0 aliphatic heterocycles. The fourth-order valence-corrected chi connectivity index (χ4v) is 1.40. The first-order valence-electron chi connectivity index (χ1n) is 5.81. The standard InChI is InChI=1S/C13H19N3O2/c1-9-4-5-11(6-10(9)2)16-13(18)8-15-7-12(17)14-3/h4-6,15H,7-8H2,1-3H3,(H,14,17)(H,16,18). The molecular formula is C13H19N3O2. The van der Waals surface area contributed by atoms with Crippen molar-refractivity contribution in [2.24, 2.45) is 0 Å². The Kier molecular flexibility index (Phi) is 5.32. The number of likely N-dealkylation sites (N-methyl/N-ethyl adjacent to an activating group) is 1. The van der Waals surface area contributed by atoms with Gasteiger partial charge in [0.25, 0.3) is 0 Å². The second kappa shape index (κ2) is 6.76. The monoisotopic (exact) mass is 249 g/mol. The van der Waals surface area contributed by atoms with E-state index in [0.29, 0.717) is 0 Å². The number of hydrogen-bond acceptors (Lipinski definition) is 3. The van der Waals surface area contributed by atoms with E-state index in [4.69, 9.17) is 0 Å². The zero-order valence-electron chi connectivity index (χ0n) is 11.0. The molecule has 0 atom stereocenters. The van der Waals surface area contributed by atoms with Crippen LogP contribution >= 0.6 is 0 Å². The summed E-state index contributed by atoms with van der Waals surface area (Å²) in [5.74, 6) is -0.309. The highest BCUT2D eigenvalue weighted by molar-refractivity contribution is 5.92. The molecule has 5 nitrogen and oxygen atoms in total. The van der Waals surface area contributed by atoms with E-state index in [-0.39, 0.29) is 24.9 Å². The number of rotatable bonds is 5. The van der Waals surface area contributed by atoms with Gasteiger partial charge in [0.2, 0.25) is 11.8 Å². The van der Waals surface area contributed by atoms with Crippen LogP contribution in [0.15, 0.2) is 18.2 Å². The molecule has 3 N–H and O–H groups in total. The van der Waals surface area contributed by atoms with Gasteiger partial charge in [0.05, 0.1) is 13.1 Å². The molecule has 1 aromatic carbocycles. The second-order valence-corrected chi connectivity index (χ2v) is 4.12. The van der Waals surface area contributed by atoms with Crippen LogP contribution in [0.3, 0.4) is 0 Å². The molecule has 98 valence electrons. The maximum absolute atomic E-state index is 11.6. The predicted octanol–water partition coefficient (Wildman–Crippen LogP) is 0.578. The summed E-state index contributed by atoms with van der Waals surface area (Å²) in [4.78, 5) is 22.5. The molecule has 0 saturated heterocycles. The summed E-state index contributed by atoms with van der Waals surface area (Å²) >= 11 is 0. The van der Waals surface area contributed by atoms with Crippen LogP contribution in [0.25, 0.3) is 0 Å². The van der Waals surface area contributed by atoms with Crippen molar-refractivity contribution in [2.75, 3.05) is 25.5 Å². The average Bonchev–Trinajstić information content (AvgIpc) is 2.33. The molecule has 0 heterocycles. The van der Waals surface area contributed by atoms with Crippen molar-refractivity contribution in [1.29, 1.82) is 0 Å². The summed E-state index contributed by atoms with van der Waals surface area (Å²) in [5, 5.41) is 8.00. The molecule has 5 heteroatoms. The van der Waals surface area contributed by atoms with Crippen LogP contribution in [-0.2, 0) is 9.59 Å². The lowest BCUT2D eigenvalue weighted by molar-refractivity contribution is -0.119. The van der Waals surface area contributed by atoms with Gasteiger partial charge in [-0.15, -0.1) is 0 Å². The van der Waals surface area contributed by atoms with Gasteiger partial charge in [-0.2, -0.15) is 0 Å². The van der Waals surface area contributed by atoms with Gasteiger partial charge >= 0.3 is 0 Å². The highest BCUT2D eigenvalue weighted by atomic mass is 16.2. The highest BCUT2D eigenvalue weighted by Gasteiger charge is 2.04. The molecule has 0 spiro atoms. The number of carbonyl (C=O) groups is 2. The molecule has 1 rings (SSSR count). The third-order valence-electron chi connectivity index (χ3n) is 2.64. The molecule has 0 radical (unpaired) electrons. The van der Waals surface area contributed by atoms with Gasteiger partial charge in [0, 0.05) is 12.7 Å². The van der Waals surface area contributed by atoms with E-state index in [2.05, 4.69) is 16.0 Å². The largest absolute Gasteiger partial charge is 0.358 e. The summed E-state index contributed by atoms with van der Waals surface area (Å²) in [6, 6.07) is 5.74. The highest BCUT2D eigenvalue weighted by Crippen LogP contribution is 2.13. The minimum Gasteiger partial charge on any atom is -0.358 e. The molecule has 0 fully saturated rings. The predicted molar refractivity (Wildman–Crippen MR) is 71.5 cm³/mol. The van der Waals surface area contributed by atoms with E-state index in [1.807, 2.05) is 32.0 Å². The van der Waals surface area contributed by atoms with Crippen LogP contribution in [0.4, 0.5) is 5.69 Å². The number of carbonyl (C=O) groups excluding carboxylic acids is 2. The average molecular weight is 249 g/mol. The van der Waals surface area contributed by atoms with Crippen molar-refractivity contribution in [3.8, 4) is 0 Å². The van der Waals surface area contributed by atoms with Gasteiger partial charge in [-0.3, -0.25) is 14.9 Å². The van der Waals surface area contributed by atoms with Crippen molar-refractivity contribution in [3.63, 3.8) is 0 Å². The Bertz CT molecular complexity index is 444. The molecular weight excluding hydrogens is 230 g/mol. The topological polar surface area (TPSA) is 70.2 Å². The van der Waals surface area contributed by atoms with E-state index >= 15 is 0 Å². The minimum absolute atomic E-state index is 0.111. The Morgan fingerprint density at radius 1 is 1.06 bits per heavy atom. The number of amides is 2. The summed E-state index contributed by atoms with van der Waals surface area (Å²) in [6.07, 6.45) is 0. The minimum atomic E-state index is -0.165. The van der Waals surface area contributed by atoms with Gasteiger partial charge < -0.3 is 10.6 Å². The summed E-state index contributed by atoms with van der Waals surface area (Å²) < 4.78 is 0. The van der Waals surface area contributed by atoms with Gasteiger partial charge in [-0.05, 0) is 37.1 Å². The van der Waals surface area contributed by atoms with Crippen LogP contribution in [0, 0.1) is 13.8 Å². The molecule has 1 aromatic rings. The zero-order valence-corrected chi connectivity index (χ0v) is 11.0. The second-order valence-electron chi connectivity index (χ2n) is 4.12. The molecule has 18 heavy (non-hydrogen) atoms. The smallest absolute Gasteiger partial charge is 0.238 e. The van der Waals surface area contributed by atoms with Crippen LogP contribution in [0.1, 0.15) is 11.1 Å². The van der Waals surface area contributed by atoms with Crippen molar-refractivity contribution in [3.05, 3.63) is 29.3 Å². The Morgan fingerprint density at radius 3 is 2.33 bits per heavy atom. The Hall–Kier alpha value is -1.88. The molecule has 0 aliphatic rings. The Morgan fingerprint density at radius 2 is 1.72 bits per heavy atom. The van der Waals surface area contributed by atoms with E-state index in [1.54, 1.807) is 7.05 Å². The molecule has 2 amide bonds. The Balaban J connectivity index is 2.40. The number of hydrogen-bond donors (Lipinski definition) is 3. The number of aryl methyl sites for hydroxylation is 2. The summed E-state index contributed by atoms with van der Waals surface area (Å²) in [7, 11) is 1.55. The molecule has 0 aromatic heterocycles. The van der Waals surface area contributed by atoms with Gasteiger partial charge in [0.1, 0.15) is 0 Å². The van der Waals surface area contributed by atoms with Gasteiger partial charge in [-0.25, -0.2) is 0 Å². The maximum Gasteiger partial charge on any atom is 0.238 e. The summed E-state index contributed by atoms with van der Waals surface area (Å²) in [6.45, 7) is 4.26. The van der Waals surface area contributed by atoms with Crippen molar-refractivity contribution in [1.82, 2.24) is 10.6 Å². The quantitative estimate of drug-likeness (QED) is 0.715. The molecule has 0 unspecified atom stereocenters. The fraction of sp³-hybridized carbons (Fsp3) is 0.385. The van der Waals surface area contributed by atoms with Crippen LogP contribution in [0.2, 0.25) is 0 Å². The molecule has 0 bridgehead atoms. The van der Waals surface area contributed by atoms with Gasteiger partial charge in [0.15, 0.2) is 0 Å². The van der Waals surface area contributed by atoms with Crippen LogP contribution in [0.5, 0.6) is 0 Å². The number of anilines is 1. The first kappa shape index (κ1) is 14.2. The number of benzene rings is 1. The molecule has 0 aliphatic carbocycles. The maximum atomic E-state index is 11.6. The van der Waals surface area contributed by atoms with E-state index in [0.717, 1.165) is 11.3 Å². The van der Waals surface area contributed by atoms with E-state index in [1.165, 1.54) is 5.56 Å². The van der Waals surface area contributed by atoms with E-state index in [9.17, 15) is 9.59 Å². The SMILES string of the molecule is CNC(=O)CNCC(=O)Nc1ccc(C)c(C)c1. The Labute approximate surface area is 107 Å². The lowest BCUT2D eigenvalue weighted by Gasteiger charge is -2.08. The van der Waals surface area contributed by atoms with Crippen molar-refractivity contribution in [2.45, 2.75) is 13.8 Å². The fourth-order valence-electron chi connectivity index (χ4n) is 1.40. The zero-order chi connectivity index (χ0) is 13.5. The van der Waals surface area contributed by atoms with Crippen LogP contribution < -0.4 is 16.0 Å². The lowest BCUT2D eigenvalue weighted by atomic mass is 10.1. The normalized spacial score (nSPS) is 9.94. The van der Waals surface area contributed by atoms with Crippen LogP contribution in [-0.4, -0.2) is 32.0 Å². The van der Waals surface area contributed by atoms with Crippen molar-refractivity contribution >= 4 is 17.5 Å².